The highest BCUT2D eigenvalue weighted by Crippen LogP contribution is 2.23. The van der Waals surface area contributed by atoms with Crippen molar-refractivity contribution in [3.8, 4) is 17.0 Å². The van der Waals surface area contributed by atoms with Crippen molar-refractivity contribution in [1.29, 1.82) is 0 Å². The molecule has 1 aromatic heterocycles. The summed E-state index contributed by atoms with van der Waals surface area (Å²) in [4.78, 5) is 21.5. The van der Waals surface area contributed by atoms with Crippen LogP contribution in [0.15, 0.2) is 79.0 Å². The number of aromatic nitrogens is 2. The van der Waals surface area contributed by atoms with Crippen molar-refractivity contribution in [3.63, 3.8) is 0 Å². The molecule has 6 heteroatoms. The van der Waals surface area contributed by atoms with E-state index in [1.807, 2.05) is 55.5 Å². The van der Waals surface area contributed by atoms with Crippen LogP contribution < -0.4 is 15.4 Å². The van der Waals surface area contributed by atoms with Gasteiger partial charge < -0.3 is 15.4 Å². The molecular formula is C26H24N4O2. The van der Waals surface area contributed by atoms with Gasteiger partial charge in [-0.15, -0.1) is 0 Å². The van der Waals surface area contributed by atoms with Crippen LogP contribution in [0.4, 0.5) is 17.3 Å². The van der Waals surface area contributed by atoms with Crippen LogP contribution in [0.25, 0.3) is 11.3 Å². The van der Waals surface area contributed by atoms with E-state index in [-0.39, 0.29) is 5.91 Å². The smallest absolute Gasteiger partial charge is 0.255 e. The van der Waals surface area contributed by atoms with Crippen LogP contribution >= 0.6 is 0 Å². The number of aryl methyl sites for hydroxylation is 2. The molecule has 0 aliphatic heterocycles. The number of hydrogen-bond donors (Lipinski definition) is 2. The maximum atomic E-state index is 12.6. The van der Waals surface area contributed by atoms with Gasteiger partial charge in [0.2, 0.25) is 5.95 Å². The Morgan fingerprint density at radius 2 is 1.66 bits per heavy atom. The van der Waals surface area contributed by atoms with Crippen LogP contribution in [0, 0.1) is 13.8 Å². The fraction of sp³-hybridized carbons (Fsp3) is 0.115. The Hall–Kier alpha value is -4.19. The Balaban J connectivity index is 1.44. The molecule has 0 saturated carbocycles. The van der Waals surface area contributed by atoms with E-state index in [1.165, 1.54) is 5.56 Å². The molecular weight excluding hydrogens is 400 g/mol. The first-order chi connectivity index (χ1) is 15.5. The lowest BCUT2D eigenvalue weighted by Crippen LogP contribution is -2.12. The lowest BCUT2D eigenvalue weighted by atomic mass is 10.1. The van der Waals surface area contributed by atoms with E-state index in [0.29, 0.717) is 11.5 Å². The highest BCUT2D eigenvalue weighted by molar-refractivity contribution is 6.04. The van der Waals surface area contributed by atoms with Gasteiger partial charge >= 0.3 is 0 Å². The molecule has 2 N–H and O–H groups in total. The van der Waals surface area contributed by atoms with E-state index in [0.717, 1.165) is 33.9 Å². The normalized spacial score (nSPS) is 10.5. The van der Waals surface area contributed by atoms with E-state index < -0.39 is 0 Å². The lowest BCUT2D eigenvalue weighted by Gasteiger charge is -2.11. The maximum absolute atomic E-state index is 12.6. The van der Waals surface area contributed by atoms with E-state index in [1.54, 1.807) is 25.4 Å². The standard InChI is InChI=1S/C26H24N4O2/c1-17-4-6-19(7-5-17)24-14-15-27-26(30-24)28-21-10-8-20(9-11-21)25(31)29-23-13-12-22(32-3)16-18(23)2/h4-16H,1-3H3,(H,29,31)(H,27,28,30). The van der Waals surface area contributed by atoms with Crippen molar-refractivity contribution in [2.24, 2.45) is 0 Å². The highest BCUT2D eigenvalue weighted by atomic mass is 16.5. The summed E-state index contributed by atoms with van der Waals surface area (Å²) < 4.78 is 5.21. The summed E-state index contributed by atoms with van der Waals surface area (Å²) in [7, 11) is 1.62. The summed E-state index contributed by atoms with van der Waals surface area (Å²) in [6, 6.07) is 22.8. The molecule has 0 atom stereocenters. The molecule has 6 nitrogen and oxygen atoms in total. The second-order valence-corrected chi connectivity index (χ2v) is 7.47. The fourth-order valence-corrected chi connectivity index (χ4v) is 3.24. The first kappa shape index (κ1) is 21.1. The molecule has 0 bridgehead atoms. The minimum Gasteiger partial charge on any atom is -0.497 e. The quantitative estimate of drug-likeness (QED) is 0.411. The second kappa shape index (κ2) is 9.31. The van der Waals surface area contributed by atoms with Crippen LogP contribution in [0.5, 0.6) is 5.75 Å². The van der Waals surface area contributed by atoms with Crippen molar-refractivity contribution in [3.05, 3.63) is 95.7 Å². The molecule has 32 heavy (non-hydrogen) atoms. The molecule has 0 radical (unpaired) electrons. The Kier molecular flexibility index (Phi) is 6.12. The lowest BCUT2D eigenvalue weighted by molar-refractivity contribution is 0.102. The number of nitrogens with zero attached hydrogens (tertiary/aromatic N) is 2. The maximum Gasteiger partial charge on any atom is 0.255 e. The third kappa shape index (κ3) is 4.92. The van der Waals surface area contributed by atoms with Crippen molar-refractivity contribution >= 4 is 23.2 Å². The number of anilines is 3. The first-order valence-electron chi connectivity index (χ1n) is 10.2. The number of hydrogen-bond acceptors (Lipinski definition) is 5. The first-order valence-corrected chi connectivity index (χ1v) is 10.2. The van der Waals surface area contributed by atoms with Gasteiger partial charge in [-0.3, -0.25) is 4.79 Å². The molecule has 0 aliphatic rings. The van der Waals surface area contributed by atoms with E-state index in [2.05, 4.69) is 39.7 Å². The number of amides is 1. The zero-order chi connectivity index (χ0) is 22.5. The number of benzene rings is 3. The van der Waals surface area contributed by atoms with Crippen LogP contribution in [-0.4, -0.2) is 23.0 Å². The molecule has 0 unspecified atom stereocenters. The molecule has 1 heterocycles. The Bertz CT molecular complexity index is 1240. The fourth-order valence-electron chi connectivity index (χ4n) is 3.24. The predicted molar refractivity (Wildman–Crippen MR) is 128 cm³/mol. The predicted octanol–water partition coefficient (Wildman–Crippen LogP) is 5.76. The highest BCUT2D eigenvalue weighted by Gasteiger charge is 2.09. The Morgan fingerprint density at radius 1 is 0.906 bits per heavy atom. The molecule has 0 fully saturated rings. The number of carbonyl (C=O) groups excluding carboxylic acids is 1. The molecule has 0 spiro atoms. The van der Waals surface area contributed by atoms with Crippen molar-refractivity contribution < 1.29 is 9.53 Å². The van der Waals surface area contributed by atoms with Crippen LogP contribution in [0.1, 0.15) is 21.5 Å². The van der Waals surface area contributed by atoms with Gasteiger partial charge in [0, 0.05) is 28.7 Å². The zero-order valence-electron chi connectivity index (χ0n) is 18.2. The van der Waals surface area contributed by atoms with Gasteiger partial charge in [-0.05, 0) is 67.9 Å². The summed E-state index contributed by atoms with van der Waals surface area (Å²) >= 11 is 0. The molecule has 1 amide bonds. The average molecular weight is 425 g/mol. The Morgan fingerprint density at radius 3 is 2.34 bits per heavy atom. The van der Waals surface area contributed by atoms with Gasteiger partial charge in [0.1, 0.15) is 5.75 Å². The third-order valence-electron chi connectivity index (χ3n) is 5.09. The van der Waals surface area contributed by atoms with Crippen molar-refractivity contribution in [2.75, 3.05) is 17.7 Å². The number of ether oxygens (including phenoxy) is 1. The number of carbonyl (C=O) groups is 1. The van der Waals surface area contributed by atoms with Crippen molar-refractivity contribution in [1.82, 2.24) is 9.97 Å². The topological polar surface area (TPSA) is 76.1 Å². The summed E-state index contributed by atoms with van der Waals surface area (Å²) in [5, 5.41) is 6.13. The van der Waals surface area contributed by atoms with Gasteiger partial charge in [-0.2, -0.15) is 0 Å². The van der Waals surface area contributed by atoms with Gasteiger partial charge in [0.25, 0.3) is 5.91 Å². The second-order valence-electron chi connectivity index (χ2n) is 7.47. The summed E-state index contributed by atoms with van der Waals surface area (Å²) in [5.74, 6) is 1.07. The van der Waals surface area contributed by atoms with Gasteiger partial charge in [-0.25, -0.2) is 9.97 Å². The van der Waals surface area contributed by atoms with E-state index in [9.17, 15) is 4.79 Å². The summed E-state index contributed by atoms with van der Waals surface area (Å²) in [6.07, 6.45) is 1.73. The van der Waals surface area contributed by atoms with Gasteiger partial charge in [0.05, 0.1) is 12.8 Å². The Labute approximate surface area is 187 Å². The summed E-state index contributed by atoms with van der Waals surface area (Å²) in [5.41, 5.74) is 6.10. The average Bonchev–Trinajstić information content (AvgIpc) is 2.81. The number of methoxy groups -OCH3 is 1. The molecule has 0 aliphatic carbocycles. The van der Waals surface area contributed by atoms with Gasteiger partial charge in [-0.1, -0.05) is 29.8 Å². The van der Waals surface area contributed by atoms with E-state index >= 15 is 0 Å². The largest absolute Gasteiger partial charge is 0.497 e. The van der Waals surface area contributed by atoms with Gasteiger partial charge in [0.15, 0.2) is 0 Å². The monoisotopic (exact) mass is 424 g/mol. The number of nitrogens with one attached hydrogen (secondary N) is 2. The minimum absolute atomic E-state index is 0.178. The SMILES string of the molecule is COc1ccc(NC(=O)c2ccc(Nc3nccc(-c4ccc(C)cc4)n3)cc2)c(C)c1. The third-order valence-corrected chi connectivity index (χ3v) is 5.09. The molecule has 4 rings (SSSR count). The van der Waals surface area contributed by atoms with Crippen LogP contribution in [0.2, 0.25) is 0 Å². The van der Waals surface area contributed by atoms with E-state index in [4.69, 9.17) is 4.74 Å². The number of rotatable bonds is 6. The zero-order valence-corrected chi connectivity index (χ0v) is 18.2. The summed E-state index contributed by atoms with van der Waals surface area (Å²) in [6.45, 7) is 3.98. The van der Waals surface area contributed by atoms with Crippen molar-refractivity contribution in [2.45, 2.75) is 13.8 Å². The molecule has 3 aromatic carbocycles. The minimum atomic E-state index is -0.178. The van der Waals surface area contributed by atoms with Crippen LogP contribution in [0.3, 0.4) is 0 Å². The molecule has 0 saturated heterocycles. The molecule has 160 valence electrons. The molecule has 4 aromatic rings. The van der Waals surface area contributed by atoms with Crippen LogP contribution in [-0.2, 0) is 0 Å².